The molecule has 0 aromatic carbocycles. The maximum absolute atomic E-state index is 13.3. The molecule has 4 saturated heterocycles. The molecule has 0 aromatic rings. The number of aliphatic hydroxyl groups is 2. The highest BCUT2D eigenvalue weighted by atomic mass is 16.8. The maximum Gasteiger partial charge on any atom is 0.342 e. The van der Waals surface area contributed by atoms with Crippen LogP contribution in [-0.2, 0) is 33.3 Å². The summed E-state index contributed by atoms with van der Waals surface area (Å²) >= 11 is 0. The number of ether oxygens (including phenoxy) is 4. The second-order valence-corrected chi connectivity index (χ2v) is 10.6. The third-order valence-electron chi connectivity index (χ3n) is 8.97. The summed E-state index contributed by atoms with van der Waals surface area (Å²) in [5.41, 5.74) is -6.81. The van der Waals surface area contributed by atoms with Gasteiger partial charge in [0.15, 0.2) is 11.7 Å². The Morgan fingerprint density at radius 3 is 2.38 bits per heavy atom. The van der Waals surface area contributed by atoms with Gasteiger partial charge in [0.05, 0.1) is 16.7 Å². The molecule has 0 bridgehead atoms. The van der Waals surface area contributed by atoms with Crippen molar-refractivity contribution in [3.05, 3.63) is 0 Å². The molecule has 4 heterocycles. The van der Waals surface area contributed by atoms with Crippen LogP contribution in [0.2, 0.25) is 0 Å². The van der Waals surface area contributed by atoms with Gasteiger partial charge in [-0.1, -0.05) is 20.8 Å². The van der Waals surface area contributed by atoms with Gasteiger partial charge in [0.25, 0.3) is 0 Å². The number of aliphatic hydroxyl groups excluding tert-OH is 1. The highest BCUT2D eigenvalue weighted by Crippen LogP contribution is 2.84. The van der Waals surface area contributed by atoms with Gasteiger partial charge in [-0.25, -0.2) is 9.59 Å². The molecule has 0 amide bonds. The number of carbonyl (C=O) groups is 3. The van der Waals surface area contributed by atoms with Crippen molar-refractivity contribution in [1.82, 2.24) is 0 Å². The van der Waals surface area contributed by atoms with E-state index in [1.807, 2.05) is 20.8 Å². The molecule has 6 aliphatic rings. The lowest BCUT2D eigenvalue weighted by atomic mass is 9.51. The van der Waals surface area contributed by atoms with Gasteiger partial charge in [-0.2, -0.15) is 0 Å². The summed E-state index contributed by atoms with van der Waals surface area (Å²) in [6, 6.07) is 0. The Labute approximate surface area is 166 Å². The molecular weight excluding hydrogens is 384 g/mol. The van der Waals surface area contributed by atoms with E-state index in [1.165, 1.54) is 6.92 Å². The number of hydrogen-bond acceptors (Lipinski definition) is 9. The molecule has 10 atom stereocenters. The molecule has 158 valence electrons. The Bertz CT molecular complexity index is 893. The van der Waals surface area contributed by atoms with Crippen molar-refractivity contribution in [2.45, 2.75) is 76.3 Å². The number of hydrogen-bond donors (Lipinski definition) is 2. The number of fused-ring (bicyclic) bond motifs is 1. The van der Waals surface area contributed by atoms with Crippen molar-refractivity contribution in [3.63, 3.8) is 0 Å². The van der Waals surface area contributed by atoms with E-state index < -0.39 is 70.5 Å². The van der Waals surface area contributed by atoms with Gasteiger partial charge in [-0.05, 0) is 24.7 Å². The van der Waals surface area contributed by atoms with E-state index in [1.54, 1.807) is 0 Å². The fourth-order valence-corrected chi connectivity index (χ4v) is 8.06. The Hall–Kier alpha value is -1.71. The normalized spacial score (nSPS) is 59.2. The zero-order valence-corrected chi connectivity index (χ0v) is 16.6. The molecule has 2 spiro atoms. The van der Waals surface area contributed by atoms with Gasteiger partial charge in [0.1, 0.15) is 12.2 Å². The lowest BCUT2D eigenvalue weighted by molar-refractivity contribution is -0.238. The molecule has 6 fully saturated rings. The van der Waals surface area contributed by atoms with Crippen LogP contribution >= 0.6 is 0 Å². The largest absolute Gasteiger partial charge is 0.459 e. The second kappa shape index (κ2) is 4.48. The zero-order valence-electron chi connectivity index (χ0n) is 16.6. The van der Waals surface area contributed by atoms with Gasteiger partial charge >= 0.3 is 17.9 Å². The molecule has 0 radical (unpaired) electrons. The second-order valence-electron chi connectivity index (χ2n) is 10.6. The van der Waals surface area contributed by atoms with E-state index in [4.69, 9.17) is 18.9 Å². The molecule has 2 N–H and O–H groups in total. The van der Waals surface area contributed by atoms with Crippen LogP contribution in [0.3, 0.4) is 0 Å². The van der Waals surface area contributed by atoms with Crippen LogP contribution in [0.1, 0.15) is 40.5 Å². The van der Waals surface area contributed by atoms with Crippen molar-refractivity contribution >= 4 is 17.9 Å². The zero-order chi connectivity index (χ0) is 20.9. The van der Waals surface area contributed by atoms with E-state index in [-0.39, 0.29) is 17.8 Å². The molecule has 0 unspecified atom stereocenters. The molecule has 2 saturated carbocycles. The Morgan fingerprint density at radius 2 is 1.72 bits per heavy atom. The summed E-state index contributed by atoms with van der Waals surface area (Å²) in [6.07, 6.45) is -3.96. The smallest absolute Gasteiger partial charge is 0.342 e. The monoisotopic (exact) mass is 408 g/mol. The summed E-state index contributed by atoms with van der Waals surface area (Å²) in [7, 11) is 0. The van der Waals surface area contributed by atoms with Crippen molar-refractivity contribution in [1.29, 1.82) is 0 Å². The summed E-state index contributed by atoms with van der Waals surface area (Å²) in [5, 5.41) is 23.0. The molecule has 4 aliphatic heterocycles. The first-order valence-corrected chi connectivity index (χ1v) is 10.1. The molecule has 6 rings (SSSR count). The molecule has 29 heavy (non-hydrogen) atoms. The van der Waals surface area contributed by atoms with Gasteiger partial charge in [-0.3, -0.25) is 4.79 Å². The van der Waals surface area contributed by atoms with E-state index >= 15 is 0 Å². The Morgan fingerprint density at radius 1 is 1.03 bits per heavy atom. The maximum atomic E-state index is 13.3. The van der Waals surface area contributed by atoms with Gasteiger partial charge in [0.2, 0.25) is 11.9 Å². The molecule has 9 heteroatoms. The number of carbonyl (C=O) groups excluding carboxylic acids is 3. The third-order valence-corrected chi connectivity index (χ3v) is 8.97. The predicted molar refractivity (Wildman–Crippen MR) is 90.6 cm³/mol. The summed E-state index contributed by atoms with van der Waals surface area (Å²) in [6.45, 7) is 7.47. The quantitative estimate of drug-likeness (QED) is 0.408. The summed E-state index contributed by atoms with van der Waals surface area (Å²) in [5.74, 6) is -3.52. The van der Waals surface area contributed by atoms with Crippen molar-refractivity contribution in [2.24, 2.45) is 28.1 Å². The first-order valence-electron chi connectivity index (χ1n) is 10.1. The highest BCUT2D eigenvalue weighted by Gasteiger charge is 3.01. The topological polar surface area (TPSA) is 129 Å². The van der Waals surface area contributed by atoms with Crippen LogP contribution in [0.5, 0.6) is 0 Å². The minimum Gasteiger partial charge on any atom is -0.459 e. The predicted octanol–water partition coefficient (Wildman–Crippen LogP) is -0.340. The standard InChI is InChI=1S/C20H24O9/c1-7-12(22)26-10-6-17-9-5-8(16(2,3)4)18(17)11(21)13(23)28-15(18)29-20(17,14(24)27-9)19(7,10)25/h7-11,15,21,25H,5-6H2,1-4H3/t7-,8-,9+,10-,11+,15-,17+,18+,19-,20+/m1/s1. The lowest BCUT2D eigenvalue weighted by Gasteiger charge is -2.46. The van der Waals surface area contributed by atoms with Gasteiger partial charge < -0.3 is 29.2 Å². The minimum absolute atomic E-state index is 0.0623. The highest BCUT2D eigenvalue weighted by molar-refractivity contribution is 5.93. The summed E-state index contributed by atoms with van der Waals surface area (Å²) < 4.78 is 22.9. The van der Waals surface area contributed by atoms with E-state index in [2.05, 4.69) is 0 Å². The van der Waals surface area contributed by atoms with Crippen molar-refractivity contribution < 1.29 is 43.5 Å². The minimum atomic E-state index is -1.97. The fraction of sp³-hybridized carbons (Fsp3) is 0.850. The molecule has 0 aromatic heterocycles. The third kappa shape index (κ3) is 1.35. The molecule has 9 nitrogen and oxygen atoms in total. The van der Waals surface area contributed by atoms with Crippen molar-refractivity contribution in [3.8, 4) is 0 Å². The Kier molecular flexibility index (Phi) is 2.79. The SMILES string of the molecule is C[C@@H]1C(=O)O[C@@H]2C[C@]34[C@@H]5C[C@H](C(C)(C)C)[C@]36[C@H](OC(=O)[C@@H]6O)O[C@]4(C(=O)O5)[C@@]12O. The average molecular weight is 408 g/mol. The fourth-order valence-electron chi connectivity index (χ4n) is 8.06. The van der Waals surface area contributed by atoms with Crippen LogP contribution in [0, 0.1) is 28.1 Å². The first kappa shape index (κ1) is 18.1. The number of esters is 3. The summed E-state index contributed by atoms with van der Waals surface area (Å²) in [4.78, 5) is 38.1. The first-order chi connectivity index (χ1) is 13.4. The van der Waals surface area contributed by atoms with E-state index in [9.17, 15) is 24.6 Å². The van der Waals surface area contributed by atoms with Crippen LogP contribution in [0.15, 0.2) is 0 Å². The van der Waals surface area contributed by atoms with Crippen LogP contribution in [0.4, 0.5) is 0 Å². The van der Waals surface area contributed by atoms with Gasteiger partial charge in [-0.15, -0.1) is 0 Å². The van der Waals surface area contributed by atoms with E-state index in [0.29, 0.717) is 6.42 Å². The molecule has 2 aliphatic carbocycles. The van der Waals surface area contributed by atoms with Crippen LogP contribution in [0.25, 0.3) is 0 Å². The Balaban J connectivity index is 1.68. The van der Waals surface area contributed by atoms with Gasteiger partial charge in [0, 0.05) is 6.42 Å². The van der Waals surface area contributed by atoms with Crippen LogP contribution in [-0.4, -0.2) is 63.9 Å². The van der Waals surface area contributed by atoms with Crippen molar-refractivity contribution in [2.75, 3.05) is 0 Å². The molecular formula is C20H24O9. The van der Waals surface area contributed by atoms with Crippen LogP contribution < -0.4 is 0 Å². The number of rotatable bonds is 0. The van der Waals surface area contributed by atoms with E-state index in [0.717, 1.165) is 0 Å². The lowest BCUT2D eigenvalue weighted by Crippen LogP contribution is -2.66. The average Bonchev–Trinajstić information content (AvgIpc) is 3.31.